The van der Waals surface area contributed by atoms with Crippen LogP contribution in [-0.2, 0) is 16.1 Å². The van der Waals surface area contributed by atoms with Crippen molar-refractivity contribution in [2.24, 2.45) is 23.7 Å². The zero-order valence-electron chi connectivity index (χ0n) is 14.9. The van der Waals surface area contributed by atoms with Crippen molar-refractivity contribution in [3.05, 3.63) is 39.9 Å². The molecule has 0 spiro atoms. The van der Waals surface area contributed by atoms with Gasteiger partial charge in [-0.25, -0.2) is 9.59 Å². The Hall–Kier alpha value is -2.48. The van der Waals surface area contributed by atoms with Crippen LogP contribution in [0.1, 0.15) is 37.7 Å². The molecule has 4 bridgehead atoms. The molecule has 0 radical (unpaired) electrons. The summed E-state index contributed by atoms with van der Waals surface area (Å²) in [5.41, 5.74) is 1.22. The summed E-state index contributed by atoms with van der Waals surface area (Å²) in [6.07, 6.45) is 7.09. The summed E-state index contributed by atoms with van der Waals surface area (Å²) in [5.74, 6) is 0.0246. The Labute approximate surface area is 156 Å². The zero-order chi connectivity index (χ0) is 19.6. The van der Waals surface area contributed by atoms with Crippen molar-refractivity contribution < 1.29 is 24.7 Å². The average Bonchev–Trinajstić information content (AvgIpc) is 2.61. The summed E-state index contributed by atoms with van der Waals surface area (Å²) in [6.45, 7) is 0.759. The van der Waals surface area contributed by atoms with Crippen molar-refractivity contribution in [1.82, 2.24) is 5.32 Å². The highest BCUT2D eigenvalue weighted by atomic mass is 16.6. The lowest BCUT2D eigenvalue weighted by Gasteiger charge is -2.54. The van der Waals surface area contributed by atoms with Crippen LogP contribution in [0.25, 0.3) is 0 Å². The summed E-state index contributed by atoms with van der Waals surface area (Å²) in [6, 6.07) is 7.66. The van der Waals surface area contributed by atoms with Gasteiger partial charge < -0.3 is 15.5 Å². The van der Waals surface area contributed by atoms with Crippen LogP contribution in [0.15, 0.2) is 24.3 Å². The Morgan fingerprint density at radius 2 is 1.59 bits per heavy atom. The molecule has 27 heavy (non-hydrogen) atoms. The number of carboxylic acids is 2. The minimum Gasteiger partial charge on any atom is -0.473 e. The summed E-state index contributed by atoms with van der Waals surface area (Å²) >= 11 is 0. The third-order valence-corrected chi connectivity index (χ3v) is 6.07. The van der Waals surface area contributed by atoms with E-state index in [0.29, 0.717) is 6.04 Å². The molecule has 1 aromatic carbocycles. The van der Waals surface area contributed by atoms with E-state index in [9.17, 15) is 10.1 Å². The zero-order valence-corrected chi connectivity index (χ0v) is 14.9. The number of aliphatic carboxylic acids is 2. The molecule has 8 nitrogen and oxygen atoms in total. The van der Waals surface area contributed by atoms with Crippen LogP contribution in [0.2, 0.25) is 0 Å². The second kappa shape index (κ2) is 8.04. The van der Waals surface area contributed by atoms with Gasteiger partial charge in [0.2, 0.25) is 0 Å². The number of nitro groups is 1. The van der Waals surface area contributed by atoms with E-state index in [4.69, 9.17) is 19.8 Å². The minimum absolute atomic E-state index is 0.194. The molecule has 0 unspecified atom stereocenters. The number of nitro benzene ring substituents is 1. The van der Waals surface area contributed by atoms with E-state index < -0.39 is 11.9 Å². The smallest absolute Gasteiger partial charge is 0.414 e. The number of carbonyl (C=O) groups is 2. The molecule has 3 N–H and O–H groups in total. The number of hydrogen-bond acceptors (Lipinski definition) is 5. The maximum Gasteiger partial charge on any atom is 0.414 e. The molecule has 0 saturated heterocycles. The predicted octanol–water partition coefficient (Wildman–Crippen LogP) is 2.66. The van der Waals surface area contributed by atoms with Crippen LogP contribution in [0.4, 0.5) is 5.69 Å². The maximum absolute atomic E-state index is 10.8. The lowest BCUT2D eigenvalue weighted by Crippen LogP contribution is -2.54. The third kappa shape index (κ3) is 4.63. The number of rotatable bonds is 4. The molecule has 4 aliphatic rings. The van der Waals surface area contributed by atoms with Gasteiger partial charge in [-0.2, -0.15) is 0 Å². The first-order chi connectivity index (χ1) is 12.8. The molecular weight excluding hydrogens is 352 g/mol. The second-order valence-electron chi connectivity index (χ2n) is 7.87. The van der Waals surface area contributed by atoms with Crippen molar-refractivity contribution in [3.8, 4) is 0 Å². The van der Waals surface area contributed by atoms with Crippen molar-refractivity contribution >= 4 is 17.6 Å². The second-order valence-corrected chi connectivity index (χ2v) is 7.87. The van der Waals surface area contributed by atoms with Crippen LogP contribution in [0, 0.1) is 33.8 Å². The van der Waals surface area contributed by atoms with Crippen LogP contribution < -0.4 is 5.32 Å². The van der Waals surface area contributed by atoms with E-state index in [0.717, 1.165) is 35.8 Å². The molecule has 1 aromatic rings. The van der Waals surface area contributed by atoms with Crippen molar-refractivity contribution in [2.45, 2.75) is 44.7 Å². The van der Waals surface area contributed by atoms with Crippen molar-refractivity contribution in [1.29, 1.82) is 0 Å². The van der Waals surface area contributed by atoms with Crippen LogP contribution >= 0.6 is 0 Å². The van der Waals surface area contributed by atoms with E-state index in [2.05, 4.69) is 5.32 Å². The van der Waals surface area contributed by atoms with E-state index in [1.54, 1.807) is 18.2 Å². The van der Waals surface area contributed by atoms with Gasteiger partial charge in [-0.05, 0) is 61.3 Å². The molecule has 4 aliphatic carbocycles. The fourth-order valence-corrected chi connectivity index (χ4v) is 5.27. The summed E-state index contributed by atoms with van der Waals surface area (Å²) in [5, 5.41) is 29.4. The highest BCUT2D eigenvalue weighted by Crippen LogP contribution is 2.53. The Bertz CT molecular complexity index is 695. The lowest BCUT2D eigenvalue weighted by atomic mass is 9.54. The number of nitrogens with zero attached hydrogens (tertiary/aromatic N) is 1. The first kappa shape index (κ1) is 19.3. The summed E-state index contributed by atoms with van der Waals surface area (Å²) in [7, 11) is 0. The fraction of sp³-hybridized carbons (Fsp3) is 0.579. The third-order valence-electron chi connectivity index (χ3n) is 6.07. The Kier molecular flexibility index (Phi) is 5.74. The molecule has 146 valence electrons. The van der Waals surface area contributed by atoms with E-state index >= 15 is 0 Å². The number of carboxylic acid groups (broad SMARTS) is 2. The van der Waals surface area contributed by atoms with Crippen LogP contribution in [-0.4, -0.2) is 33.1 Å². The van der Waals surface area contributed by atoms with Gasteiger partial charge in [0.15, 0.2) is 0 Å². The standard InChI is InChI=1S/C17H22N2O2.C2H2O4/c20-19(21)16-3-1-2-11(9-16)10-18-17-14-5-12-4-13(7-14)8-15(17)6-12;3-1(4)2(5)6/h1-3,9,12-15,17-18H,4-8,10H2;(H,3,4)(H,5,6). The monoisotopic (exact) mass is 376 g/mol. The Morgan fingerprint density at radius 1 is 1.04 bits per heavy atom. The minimum atomic E-state index is -1.82. The quantitative estimate of drug-likeness (QED) is 0.418. The molecule has 0 aromatic heterocycles. The first-order valence-electron chi connectivity index (χ1n) is 9.26. The van der Waals surface area contributed by atoms with Gasteiger partial charge >= 0.3 is 11.9 Å². The van der Waals surface area contributed by atoms with Gasteiger partial charge in [-0.1, -0.05) is 12.1 Å². The van der Waals surface area contributed by atoms with Crippen molar-refractivity contribution in [3.63, 3.8) is 0 Å². The Balaban J connectivity index is 0.000000307. The normalized spacial score (nSPS) is 30.3. The number of nitrogens with one attached hydrogen (secondary N) is 1. The average molecular weight is 376 g/mol. The predicted molar refractivity (Wildman–Crippen MR) is 96.0 cm³/mol. The van der Waals surface area contributed by atoms with Crippen LogP contribution in [0.3, 0.4) is 0 Å². The largest absolute Gasteiger partial charge is 0.473 e. The van der Waals surface area contributed by atoms with Crippen LogP contribution in [0.5, 0.6) is 0 Å². The number of hydrogen-bond donors (Lipinski definition) is 3. The van der Waals surface area contributed by atoms with Gasteiger partial charge in [0.25, 0.3) is 5.69 Å². The van der Waals surface area contributed by atoms with E-state index in [1.165, 1.54) is 32.1 Å². The molecule has 4 fully saturated rings. The molecule has 8 heteroatoms. The van der Waals surface area contributed by atoms with Gasteiger partial charge in [0, 0.05) is 24.7 Å². The molecule has 0 atom stereocenters. The van der Waals surface area contributed by atoms with E-state index in [1.807, 2.05) is 6.07 Å². The molecule has 5 rings (SSSR count). The SMILES string of the molecule is O=C(O)C(=O)O.O=[N+]([O-])c1cccc(CNC2C3CC4CC(C3)CC2C4)c1. The van der Waals surface area contributed by atoms with Gasteiger partial charge in [-0.15, -0.1) is 0 Å². The fourth-order valence-electron chi connectivity index (χ4n) is 5.27. The number of non-ortho nitro benzene ring substituents is 1. The highest BCUT2D eigenvalue weighted by molar-refractivity contribution is 6.27. The molecule has 4 saturated carbocycles. The molecule has 0 aliphatic heterocycles. The molecular formula is C19H24N2O6. The maximum atomic E-state index is 10.8. The van der Waals surface area contributed by atoms with Gasteiger partial charge in [0.1, 0.15) is 0 Å². The molecule has 0 amide bonds. The van der Waals surface area contributed by atoms with E-state index in [-0.39, 0.29) is 10.6 Å². The van der Waals surface area contributed by atoms with Gasteiger partial charge in [-0.3, -0.25) is 10.1 Å². The Morgan fingerprint density at radius 3 is 2.07 bits per heavy atom. The number of benzene rings is 1. The summed E-state index contributed by atoms with van der Waals surface area (Å²) < 4.78 is 0. The topological polar surface area (TPSA) is 130 Å². The first-order valence-corrected chi connectivity index (χ1v) is 9.26. The highest BCUT2D eigenvalue weighted by Gasteiger charge is 2.47. The van der Waals surface area contributed by atoms with Gasteiger partial charge in [0.05, 0.1) is 4.92 Å². The van der Waals surface area contributed by atoms with Crippen molar-refractivity contribution in [2.75, 3.05) is 0 Å². The lowest BCUT2D eigenvalue weighted by molar-refractivity contribution is -0.384. The molecule has 0 heterocycles. The summed E-state index contributed by atoms with van der Waals surface area (Å²) in [4.78, 5) is 28.7.